The fourth-order valence-corrected chi connectivity index (χ4v) is 3.29. The summed E-state index contributed by atoms with van der Waals surface area (Å²) in [5, 5.41) is 11.8. The highest BCUT2D eigenvalue weighted by Crippen LogP contribution is 2.31. The average Bonchev–Trinajstić information content (AvgIpc) is 3.27. The highest BCUT2D eigenvalue weighted by molar-refractivity contribution is 5.98. The zero-order valence-electron chi connectivity index (χ0n) is 19.2. The van der Waals surface area contributed by atoms with E-state index in [1.807, 2.05) is 6.92 Å². The van der Waals surface area contributed by atoms with Crippen molar-refractivity contribution in [3.63, 3.8) is 0 Å². The number of fused-ring (bicyclic) bond motifs is 1. The second-order valence-electron chi connectivity index (χ2n) is 7.60. The number of rotatable bonds is 9. The van der Waals surface area contributed by atoms with Gasteiger partial charge in [0, 0.05) is 30.2 Å². The van der Waals surface area contributed by atoms with Crippen LogP contribution in [0.4, 0.5) is 27.5 Å². The summed E-state index contributed by atoms with van der Waals surface area (Å²) in [6.45, 7) is 2.70. The van der Waals surface area contributed by atoms with Gasteiger partial charge in [-0.1, -0.05) is 18.9 Å². The molecule has 1 atom stereocenters. The van der Waals surface area contributed by atoms with Crippen molar-refractivity contribution < 1.29 is 13.6 Å². The largest absolute Gasteiger partial charge is 0.436 e. The number of amides is 1. The molecule has 0 bridgehead atoms. The first-order valence-electron chi connectivity index (χ1n) is 11.0. The number of aromatic nitrogens is 3. The van der Waals surface area contributed by atoms with Crippen LogP contribution in [0.1, 0.15) is 13.3 Å². The van der Waals surface area contributed by atoms with E-state index in [1.54, 1.807) is 43.6 Å². The van der Waals surface area contributed by atoms with Crippen LogP contribution in [0.15, 0.2) is 53.1 Å². The van der Waals surface area contributed by atoms with E-state index in [0.717, 1.165) is 6.42 Å². The summed E-state index contributed by atoms with van der Waals surface area (Å²) in [7, 11) is 1.61. The average molecular weight is 474 g/mol. The summed E-state index contributed by atoms with van der Waals surface area (Å²) in [5.74, 6) is 2.80. The van der Waals surface area contributed by atoms with Crippen LogP contribution < -0.4 is 21.3 Å². The molecule has 0 radical (unpaired) electrons. The van der Waals surface area contributed by atoms with Crippen LogP contribution in [0, 0.1) is 18.2 Å². The normalized spacial score (nSPS) is 11.6. The number of oxazole rings is 1. The molecule has 0 aliphatic heterocycles. The molecule has 4 rings (SSSR count). The van der Waals surface area contributed by atoms with Crippen molar-refractivity contribution in [3.8, 4) is 23.8 Å². The van der Waals surface area contributed by atoms with Crippen LogP contribution in [-0.2, 0) is 4.79 Å². The minimum absolute atomic E-state index is 0.298. The van der Waals surface area contributed by atoms with Crippen molar-refractivity contribution in [2.75, 3.05) is 29.5 Å². The molecule has 9 nitrogen and oxygen atoms in total. The zero-order chi connectivity index (χ0) is 24.8. The molecule has 0 aliphatic carbocycles. The van der Waals surface area contributed by atoms with Crippen LogP contribution in [0.2, 0.25) is 0 Å². The lowest BCUT2D eigenvalue weighted by Gasteiger charge is -2.11. The third-order valence-electron chi connectivity index (χ3n) is 5.02. The van der Waals surface area contributed by atoms with Crippen LogP contribution >= 0.6 is 0 Å². The third-order valence-corrected chi connectivity index (χ3v) is 5.02. The Morgan fingerprint density at radius 1 is 1.20 bits per heavy atom. The summed E-state index contributed by atoms with van der Waals surface area (Å²) in [5.41, 5.74) is 2.69. The Labute approximate surface area is 201 Å². The molecule has 10 heteroatoms. The van der Waals surface area contributed by atoms with Gasteiger partial charge in [0.05, 0.1) is 5.56 Å². The molecule has 1 amide bonds. The van der Waals surface area contributed by atoms with Crippen molar-refractivity contribution in [3.05, 3.63) is 54.5 Å². The quantitative estimate of drug-likeness (QED) is 0.268. The SMILES string of the molecule is C#C[C@H](NC)C(=O)Nc1ccc2nc(-c3cnc(Nc4cccc(F)c4)nc3NCCC)oc2c1. The van der Waals surface area contributed by atoms with Crippen LogP contribution in [-0.4, -0.2) is 40.5 Å². The Hall–Kier alpha value is -4.49. The lowest BCUT2D eigenvalue weighted by Crippen LogP contribution is -2.36. The van der Waals surface area contributed by atoms with E-state index >= 15 is 0 Å². The number of nitrogens with one attached hydrogen (secondary N) is 4. The minimum Gasteiger partial charge on any atom is -0.436 e. The van der Waals surface area contributed by atoms with Gasteiger partial charge in [0.15, 0.2) is 5.58 Å². The van der Waals surface area contributed by atoms with Gasteiger partial charge in [0.25, 0.3) is 5.91 Å². The molecule has 4 aromatic rings. The van der Waals surface area contributed by atoms with Crippen LogP contribution in [0.3, 0.4) is 0 Å². The Morgan fingerprint density at radius 3 is 2.80 bits per heavy atom. The lowest BCUT2D eigenvalue weighted by molar-refractivity contribution is -0.116. The third kappa shape index (κ3) is 5.54. The van der Waals surface area contributed by atoms with E-state index in [9.17, 15) is 9.18 Å². The van der Waals surface area contributed by atoms with Gasteiger partial charge in [0.1, 0.15) is 23.2 Å². The summed E-state index contributed by atoms with van der Waals surface area (Å²) in [6.07, 6.45) is 7.83. The number of carbonyl (C=O) groups excluding carboxylic acids is 1. The van der Waals surface area contributed by atoms with Gasteiger partial charge in [-0.25, -0.2) is 14.4 Å². The molecule has 0 spiro atoms. The molecule has 2 aromatic carbocycles. The molecule has 35 heavy (non-hydrogen) atoms. The number of terminal acetylenes is 1. The van der Waals surface area contributed by atoms with Gasteiger partial charge >= 0.3 is 0 Å². The van der Waals surface area contributed by atoms with Crippen LogP contribution in [0.25, 0.3) is 22.6 Å². The maximum absolute atomic E-state index is 13.5. The Morgan fingerprint density at radius 2 is 2.06 bits per heavy atom. The first kappa shape index (κ1) is 23.7. The topological polar surface area (TPSA) is 117 Å². The molecule has 2 aromatic heterocycles. The Kier molecular flexibility index (Phi) is 7.18. The molecular formula is C25H24FN7O2. The fourth-order valence-electron chi connectivity index (χ4n) is 3.29. The highest BCUT2D eigenvalue weighted by atomic mass is 19.1. The minimum atomic E-state index is -0.750. The smallest absolute Gasteiger partial charge is 0.253 e. The molecule has 0 unspecified atom stereocenters. The molecule has 2 heterocycles. The highest BCUT2D eigenvalue weighted by Gasteiger charge is 2.17. The Bertz CT molecular complexity index is 1400. The number of hydrogen-bond donors (Lipinski definition) is 4. The predicted molar refractivity (Wildman–Crippen MR) is 134 cm³/mol. The first-order chi connectivity index (χ1) is 17.0. The summed E-state index contributed by atoms with van der Waals surface area (Å²) in [4.78, 5) is 25.7. The van der Waals surface area contributed by atoms with E-state index in [2.05, 4.69) is 42.1 Å². The maximum Gasteiger partial charge on any atom is 0.253 e. The van der Waals surface area contributed by atoms with Crippen molar-refractivity contribution in [2.45, 2.75) is 19.4 Å². The van der Waals surface area contributed by atoms with Crippen molar-refractivity contribution in [2.24, 2.45) is 0 Å². The van der Waals surface area contributed by atoms with Gasteiger partial charge in [-0.2, -0.15) is 4.98 Å². The number of nitrogens with zero attached hydrogens (tertiary/aromatic N) is 3. The fraction of sp³-hybridized carbons (Fsp3) is 0.200. The van der Waals surface area contributed by atoms with E-state index in [-0.39, 0.29) is 11.7 Å². The van der Waals surface area contributed by atoms with Gasteiger partial charge in [-0.05, 0) is 43.8 Å². The number of anilines is 4. The van der Waals surface area contributed by atoms with Gasteiger partial charge in [-0.15, -0.1) is 6.42 Å². The van der Waals surface area contributed by atoms with Crippen LogP contribution in [0.5, 0.6) is 0 Å². The second-order valence-corrected chi connectivity index (χ2v) is 7.60. The van der Waals surface area contributed by atoms with Gasteiger partial charge in [-0.3, -0.25) is 10.1 Å². The molecule has 0 saturated carbocycles. The maximum atomic E-state index is 13.5. The zero-order valence-corrected chi connectivity index (χ0v) is 19.2. The number of hydrogen-bond acceptors (Lipinski definition) is 8. The summed E-state index contributed by atoms with van der Waals surface area (Å²) < 4.78 is 19.5. The monoisotopic (exact) mass is 473 g/mol. The lowest BCUT2D eigenvalue weighted by atomic mass is 10.2. The second kappa shape index (κ2) is 10.6. The molecule has 178 valence electrons. The van der Waals surface area contributed by atoms with Crippen molar-refractivity contribution in [1.29, 1.82) is 0 Å². The number of likely N-dealkylation sites (N-methyl/N-ethyl adjacent to an activating group) is 1. The first-order valence-corrected chi connectivity index (χ1v) is 11.0. The standard InChI is InChI=1S/C25H24FN7O2/c1-4-11-28-22-18(14-29-25(33-22)31-16-8-6-7-15(26)12-16)24-32-20-10-9-17(13-21(20)35-24)30-23(34)19(5-2)27-3/h2,6-10,12-14,19,27H,4,11H2,1,3H3,(H,30,34)(H2,28,29,31,33)/t19-/m0/s1. The molecule has 0 fully saturated rings. The molecule has 0 aliphatic rings. The number of benzene rings is 2. The van der Waals surface area contributed by atoms with Crippen molar-refractivity contribution >= 4 is 40.1 Å². The molecule has 4 N–H and O–H groups in total. The van der Waals surface area contributed by atoms with E-state index < -0.39 is 6.04 Å². The van der Waals surface area contributed by atoms with Gasteiger partial charge < -0.3 is 20.4 Å². The van der Waals surface area contributed by atoms with E-state index in [4.69, 9.17) is 10.8 Å². The van der Waals surface area contributed by atoms with E-state index in [1.165, 1.54) is 12.1 Å². The number of halogens is 1. The van der Waals surface area contributed by atoms with Gasteiger partial charge in [0.2, 0.25) is 11.8 Å². The molecular weight excluding hydrogens is 449 g/mol. The molecule has 0 saturated heterocycles. The van der Waals surface area contributed by atoms with E-state index in [0.29, 0.717) is 52.2 Å². The Balaban J connectivity index is 1.63. The summed E-state index contributed by atoms with van der Waals surface area (Å²) >= 11 is 0. The summed E-state index contributed by atoms with van der Waals surface area (Å²) in [6, 6.07) is 10.4. The predicted octanol–water partition coefficient (Wildman–Crippen LogP) is 4.15. The van der Waals surface area contributed by atoms with Crippen molar-refractivity contribution in [1.82, 2.24) is 20.3 Å². The number of carbonyl (C=O) groups is 1.